The lowest BCUT2D eigenvalue weighted by Crippen LogP contribution is -2.54. The molecule has 0 aromatic heterocycles. The van der Waals surface area contributed by atoms with Gasteiger partial charge in [0, 0.05) is 24.0 Å². The molecule has 0 bridgehead atoms. The van der Waals surface area contributed by atoms with Gasteiger partial charge in [0.25, 0.3) is 10.0 Å². The zero-order valence-electron chi connectivity index (χ0n) is 26.5. The highest BCUT2D eigenvalue weighted by Gasteiger charge is 2.34. The molecule has 0 aliphatic rings. The summed E-state index contributed by atoms with van der Waals surface area (Å²) in [5.41, 5.74) is 2.78. The van der Waals surface area contributed by atoms with Crippen molar-refractivity contribution in [1.82, 2.24) is 10.2 Å². The summed E-state index contributed by atoms with van der Waals surface area (Å²) in [6, 6.07) is 28.4. The minimum absolute atomic E-state index is 0.0439. The highest BCUT2D eigenvalue weighted by molar-refractivity contribution is 7.92. The molecular formula is C36H40ClN3O5S. The summed E-state index contributed by atoms with van der Waals surface area (Å²) in [5, 5.41) is 3.49. The number of nitrogens with one attached hydrogen (secondary N) is 1. The van der Waals surface area contributed by atoms with Crippen LogP contribution in [-0.2, 0) is 32.6 Å². The van der Waals surface area contributed by atoms with Crippen molar-refractivity contribution >= 4 is 39.1 Å². The maximum absolute atomic E-state index is 14.5. The van der Waals surface area contributed by atoms with Crippen LogP contribution in [0, 0.1) is 6.92 Å². The van der Waals surface area contributed by atoms with Gasteiger partial charge in [-0.15, -0.1) is 0 Å². The van der Waals surface area contributed by atoms with Gasteiger partial charge in [-0.1, -0.05) is 71.8 Å². The van der Waals surface area contributed by atoms with E-state index in [1.807, 2.05) is 58.0 Å². The predicted octanol–water partition coefficient (Wildman–Crippen LogP) is 6.41. The number of anilines is 1. The Bertz CT molecular complexity index is 1700. The fraction of sp³-hybridized carbons (Fsp3) is 0.278. The normalized spacial score (nSPS) is 12.0. The van der Waals surface area contributed by atoms with Crippen molar-refractivity contribution in [2.45, 2.75) is 57.6 Å². The number of sulfonamides is 1. The first-order valence-electron chi connectivity index (χ1n) is 15.2. The second-order valence-electron chi connectivity index (χ2n) is 11.3. The van der Waals surface area contributed by atoms with Crippen LogP contribution in [0.25, 0.3) is 0 Å². The van der Waals surface area contributed by atoms with Crippen molar-refractivity contribution in [3.05, 3.63) is 125 Å². The third-order valence-electron chi connectivity index (χ3n) is 7.29. The number of hydrogen-bond donors (Lipinski definition) is 1. The van der Waals surface area contributed by atoms with Crippen LogP contribution in [0.3, 0.4) is 0 Å². The Hall–Kier alpha value is -4.34. The Labute approximate surface area is 277 Å². The molecule has 10 heteroatoms. The lowest BCUT2D eigenvalue weighted by atomic mass is 10.0. The molecule has 0 fully saturated rings. The lowest BCUT2D eigenvalue weighted by molar-refractivity contribution is -0.140. The number of halogens is 1. The van der Waals surface area contributed by atoms with Crippen molar-refractivity contribution in [2.24, 2.45) is 0 Å². The molecule has 1 atom stereocenters. The number of rotatable bonds is 14. The maximum atomic E-state index is 14.5. The molecule has 4 aromatic rings. The molecule has 0 aliphatic carbocycles. The minimum atomic E-state index is -4.20. The number of amides is 2. The Kier molecular flexibility index (Phi) is 11.8. The molecular weight excluding hydrogens is 622 g/mol. The van der Waals surface area contributed by atoms with Gasteiger partial charge in [0.2, 0.25) is 11.8 Å². The van der Waals surface area contributed by atoms with E-state index in [0.29, 0.717) is 17.4 Å². The zero-order chi connectivity index (χ0) is 33.3. The van der Waals surface area contributed by atoms with Crippen LogP contribution in [0.1, 0.15) is 37.5 Å². The van der Waals surface area contributed by atoms with Crippen molar-refractivity contribution in [3.8, 4) is 5.75 Å². The third kappa shape index (κ3) is 9.11. The largest absolute Gasteiger partial charge is 0.494 e. The predicted molar refractivity (Wildman–Crippen MR) is 183 cm³/mol. The topological polar surface area (TPSA) is 96.0 Å². The summed E-state index contributed by atoms with van der Waals surface area (Å²) in [6.07, 6.45) is 0.229. The maximum Gasteiger partial charge on any atom is 0.264 e. The Morgan fingerprint density at radius 2 is 1.48 bits per heavy atom. The van der Waals surface area contributed by atoms with Crippen LogP contribution in [0.2, 0.25) is 5.02 Å². The molecule has 4 aromatic carbocycles. The molecule has 0 spiro atoms. The molecule has 0 saturated heterocycles. The smallest absolute Gasteiger partial charge is 0.264 e. The van der Waals surface area contributed by atoms with Crippen molar-refractivity contribution < 1.29 is 22.7 Å². The molecule has 2 amide bonds. The number of benzene rings is 4. The van der Waals surface area contributed by atoms with Crippen molar-refractivity contribution in [3.63, 3.8) is 0 Å². The van der Waals surface area contributed by atoms with Crippen LogP contribution < -0.4 is 14.4 Å². The summed E-state index contributed by atoms with van der Waals surface area (Å²) in [6.45, 7) is 7.39. The van der Waals surface area contributed by atoms with Gasteiger partial charge in [0.05, 0.1) is 17.2 Å². The molecule has 1 N–H and O–H groups in total. The number of nitrogens with zero attached hydrogens (tertiary/aromatic N) is 2. The summed E-state index contributed by atoms with van der Waals surface area (Å²) < 4.78 is 35.0. The number of ether oxygens (including phenoxy) is 1. The van der Waals surface area contributed by atoms with Crippen molar-refractivity contribution in [1.29, 1.82) is 0 Å². The number of carbonyl (C=O) groups is 2. The SMILES string of the molecule is CCOc1ccc(N(CC(=O)N(Cc2ccc(Cl)cc2)[C@H](Cc2ccccc2)C(=O)NC(C)C)S(=O)(=O)c2ccc(C)cc2)cc1. The molecule has 0 heterocycles. The Balaban J connectivity index is 1.80. The monoisotopic (exact) mass is 661 g/mol. The molecule has 0 aliphatic heterocycles. The summed E-state index contributed by atoms with van der Waals surface area (Å²) in [5.74, 6) is -0.308. The Morgan fingerprint density at radius 1 is 0.848 bits per heavy atom. The van der Waals surface area contributed by atoms with Crippen LogP contribution in [-0.4, -0.2) is 50.4 Å². The minimum Gasteiger partial charge on any atom is -0.494 e. The Morgan fingerprint density at radius 3 is 2.07 bits per heavy atom. The average Bonchev–Trinajstić information content (AvgIpc) is 3.03. The van der Waals surface area contributed by atoms with E-state index in [1.54, 1.807) is 60.7 Å². The van der Waals surface area contributed by atoms with E-state index in [0.717, 1.165) is 21.0 Å². The van der Waals surface area contributed by atoms with E-state index < -0.39 is 28.5 Å². The van der Waals surface area contributed by atoms with Gasteiger partial charge in [-0.2, -0.15) is 0 Å². The van der Waals surface area contributed by atoms with Crippen LogP contribution in [0.5, 0.6) is 5.75 Å². The standard InChI is InChI=1S/C36H40ClN3O5S/c1-5-45-32-19-17-31(18-20-32)40(46(43,44)33-21-11-27(4)12-22-33)25-35(41)39(24-29-13-15-30(37)16-14-29)34(36(42)38-26(2)3)23-28-9-7-6-8-10-28/h6-22,26,34H,5,23-25H2,1-4H3,(H,38,42)/t34-/m1/s1. The fourth-order valence-corrected chi connectivity index (χ4v) is 6.50. The first kappa shape index (κ1) is 34.5. The first-order chi connectivity index (χ1) is 22.0. The van der Waals surface area contributed by atoms with Crippen LogP contribution >= 0.6 is 11.6 Å². The number of aryl methyl sites for hydroxylation is 1. The summed E-state index contributed by atoms with van der Waals surface area (Å²) in [4.78, 5) is 29.8. The van der Waals surface area contributed by atoms with Gasteiger partial charge >= 0.3 is 0 Å². The average molecular weight is 662 g/mol. The quantitative estimate of drug-likeness (QED) is 0.169. The highest BCUT2D eigenvalue weighted by Crippen LogP contribution is 2.27. The number of hydrogen-bond acceptors (Lipinski definition) is 5. The first-order valence-corrected chi connectivity index (χ1v) is 17.0. The van der Waals surface area contributed by atoms with E-state index in [-0.39, 0.29) is 35.5 Å². The van der Waals surface area contributed by atoms with E-state index >= 15 is 0 Å². The zero-order valence-corrected chi connectivity index (χ0v) is 28.1. The molecule has 0 radical (unpaired) electrons. The lowest BCUT2D eigenvalue weighted by Gasteiger charge is -2.34. The molecule has 4 rings (SSSR count). The molecule has 242 valence electrons. The summed E-state index contributed by atoms with van der Waals surface area (Å²) >= 11 is 6.15. The van der Waals surface area contributed by atoms with E-state index in [4.69, 9.17) is 16.3 Å². The van der Waals surface area contributed by atoms with Gasteiger partial charge in [-0.3, -0.25) is 13.9 Å². The van der Waals surface area contributed by atoms with Crippen LogP contribution in [0.15, 0.2) is 108 Å². The third-order valence-corrected chi connectivity index (χ3v) is 9.33. The molecule has 46 heavy (non-hydrogen) atoms. The molecule has 0 unspecified atom stereocenters. The molecule has 0 saturated carbocycles. The van der Waals surface area contributed by atoms with Crippen molar-refractivity contribution in [2.75, 3.05) is 17.5 Å². The molecule has 8 nitrogen and oxygen atoms in total. The van der Waals surface area contributed by atoms with Gasteiger partial charge in [0.15, 0.2) is 0 Å². The fourth-order valence-electron chi connectivity index (χ4n) is 4.96. The van der Waals surface area contributed by atoms with Crippen LogP contribution in [0.4, 0.5) is 5.69 Å². The second-order valence-corrected chi connectivity index (χ2v) is 13.6. The van der Waals surface area contributed by atoms with Gasteiger partial charge in [-0.05, 0) is 87.4 Å². The summed E-state index contributed by atoms with van der Waals surface area (Å²) in [7, 11) is -4.20. The van der Waals surface area contributed by atoms with Gasteiger partial charge < -0.3 is 15.0 Å². The van der Waals surface area contributed by atoms with Gasteiger partial charge in [-0.25, -0.2) is 8.42 Å². The van der Waals surface area contributed by atoms with E-state index in [1.165, 1.54) is 17.0 Å². The number of carbonyl (C=O) groups excluding carboxylic acids is 2. The van der Waals surface area contributed by atoms with Gasteiger partial charge in [0.1, 0.15) is 18.3 Å². The highest BCUT2D eigenvalue weighted by atomic mass is 35.5. The van der Waals surface area contributed by atoms with E-state index in [9.17, 15) is 18.0 Å². The second kappa shape index (κ2) is 15.8. The van der Waals surface area contributed by atoms with E-state index in [2.05, 4.69) is 5.32 Å².